The van der Waals surface area contributed by atoms with Crippen LogP contribution in [0.25, 0.3) is 0 Å². The molecule has 1 aliphatic rings. The first-order valence-corrected chi connectivity index (χ1v) is 7.53. The summed E-state index contributed by atoms with van der Waals surface area (Å²) in [5.41, 5.74) is 2.32. The van der Waals surface area contributed by atoms with Gasteiger partial charge in [-0.2, -0.15) is 0 Å². The molecule has 1 aromatic rings. The van der Waals surface area contributed by atoms with Crippen molar-refractivity contribution in [3.8, 4) is 0 Å². The summed E-state index contributed by atoms with van der Waals surface area (Å²) in [7, 11) is 0. The number of aliphatic hydroxyl groups is 1. The Labute approximate surface area is 121 Å². The number of nitrogens with zero attached hydrogens (tertiary/aromatic N) is 1. The molecule has 1 fully saturated rings. The second-order valence-electron chi connectivity index (χ2n) is 6.06. The highest BCUT2D eigenvalue weighted by Gasteiger charge is 2.33. The first kappa shape index (κ1) is 15.0. The number of carbonyl (C=O) groups is 1. The summed E-state index contributed by atoms with van der Waals surface area (Å²) in [4.78, 5) is 14.3. The average Bonchev–Trinajstić information content (AvgIpc) is 2.47. The highest BCUT2D eigenvalue weighted by molar-refractivity contribution is 5.78. The second kappa shape index (κ2) is 6.40. The molecule has 0 aromatic heterocycles. The van der Waals surface area contributed by atoms with Crippen LogP contribution in [0.1, 0.15) is 37.3 Å². The van der Waals surface area contributed by atoms with E-state index in [0.717, 1.165) is 37.9 Å². The van der Waals surface area contributed by atoms with E-state index in [-0.39, 0.29) is 17.9 Å². The van der Waals surface area contributed by atoms with E-state index in [0.29, 0.717) is 6.42 Å². The largest absolute Gasteiger partial charge is 0.396 e. The van der Waals surface area contributed by atoms with Crippen LogP contribution in [0.2, 0.25) is 0 Å². The van der Waals surface area contributed by atoms with Crippen LogP contribution in [-0.4, -0.2) is 35.6 Å². The van der Waals surface area contributed by atoms with E-state index in [2.05, 4.69) is 13.0 Å². The van der Waals surface area contributed by atoms with E-state index in [1.807, 2.05) is 30.0 Å². The Kier molecular flexibility index (Phi) is 4.81. The van der Waals surface area contributed by atoms with Crippen LogP contribution in [0.5, 0.6) is 0 Å². The Bertz CT molecular complexity index is 456. The summed E-state index contributed by atoms with van der Waals surface area (Å²) in [5, 5.41) is 9.53. The fourth-order valence-corrected chi connectivity index (χ4v) is 2.96. The molecular weight excluding hydrogens is 250 g/mol. The SMILES string of the molecule is CCC1(CO)CCN(C(=O)Cc2cccc(C)c2)CC1. The van der Waals surface area contributed by atoms with Gasteiger partial charge < -0.3 is 10.0 Å². The standard InChI is InChI=1S/C17H25NO2/c1-3-17(13-19)7-9-18(10-8-17)16(20)12-15-6-4-5-14(2)11-15/h4-6,11,19H,3,7-10,12-13H2,1-2H3. The quantitative estimate of drug-likeness (QED) is 0.917. The van der Waals surface area contributed by atoms with Gasteiger partial charge in [-0.1, -0.05) is 36.8 Å². The third kappa shape index (κ3) is 3.40. The molecule has 3 heteroatoms. The lowest BCUT2D eigenvalue weighted by Crippen LogP contribution is -2.45. The van der Waals surface area contributed by atoms with Crippen molar-refractivity contribution in [2.45, 2.75) is 39.5 Å². The lowest BCUT2D eigenvalue weighted by molar-refractivity contribution is -0.133. The lowest BCUT2D eigenvalue weighted by atomic mass is 9.77. The maximum absolute atomic E-state index is 12.3. The third-order valence-corrected chi connectivity index (χ3v) is 4.70. The number of carbonyl (C=O) groups excluding carboxylic acids is 1. The average molecular weight is 275 g/mol. The summed E-state index contributed by atoms with van der Waals surface area (Å²) in [5.74, 6) is 0.207. The number of amides is 1. The second-order valence-corrected chi connectivity index (χ2v) is 6.06. The minimum Gasteiger partial charge on any atom is -0.396 e. The van der Waals surface area contributed by atoms with Crippen molar-refractivity contribution in [3.63, 3.8) is 0 Å². The van der Waals surface area contributed by atoms with Gasteiger partial charge in [0.05, 0.1) is 6.42 Å². The molecule has 20 heavy (non-hydrogen) atoms. The van der Waals surface area contributed by atoms with Crippen LogP contribution < -0.4 is 0 Å². The van der Waals surface area contributed by atoms with Gasteiger partial charge >= 0.3 is 0 Å². The Morgan fingerprint density at radius 1 is 1.35 bits per heavy atom. The van der Waals surface area contributed by atoms with E-state index < -0.39 is 0 Å². The van der Waals surface area contributed by atoms with Gasteiger partial charge in [0.25, 0.3) is 0 Å². The molecule has 110 valence electrons. The zero-order chi connectivity index (χ0) is 14.6. The van der Waals surface area contributed by atoms with Crippen molar-refractivity contribution in [1.29, 1.82) is 0 Å². The number of piperidine rings is 1. The predicted molar refractivity (Wildman–Crippen MR) is 80.5 cm³/mol. The van der Waals surface area contributed by atoms with E-state index >= 15 is 0 Å². The van der Waals surface area contributed by atoms with Gasteiger partial charge in [-0.3, -0.25) is 4.79 Å². The summed E-state index contributed by atoms with van der Waals surface area (Å²) >= 11 is 0. The maximum Gasteiger partial charge on any atom is 0.226 e. The Morgan fingerprint density at radius 3 is 2.60 bits per heavy atom. The van der Waals surface area contributed by atoms with Crippen molar-refractivity contribution in [3.05, 3.63) is 35.4 Å². The zero-order valence-corrected chi connectivity index (χ0v) is 12.6. The monoisotopic (exact) mass is 275 g/mol. The number of aryl methyl sites for hydroxylation is 1. The molecule has 3 nitrogen and oxygen atoms in total. The molecule has 0 saturated carbocycles. The molecule has 1 saturated heterocycles. The zero-order valence-electron chi connectivity index (χ0n) is 12.6. The van der Waals surface area contributed by atoms with E-state index in [9.17, 15) is 9.90 Å². The van der Waals surface area contributed by atoms with Crippen LogP contribution >= 0.6 is 0 Å². The Morgan fingerprint density at radius 2 is 2.05 bits per heavy atom. The number of rotatable bonds is 4. The van der Waals surface area contributed by atoms with Gasteiger partial charge in [-0.25, -0.2) is 0 Å². The minimum atomic E-state index is 0.0418. The molecule has 0 atom stereocenters. The molecule has 2 rings (SSSR count). The first-order valence-electron chi connectivity index (χ1n) is 7.53. The molecule has 0 spiro atoms. The van der Waals surface area contributed by atoms with Gasteiger partial charge in [-0.05, 0) is 37.2 Å². The highest BCUT2D eigenvalue weighted by atomic mass is 16.3. The normalized spacial score (nSPS) is 18.1. The van der Waals surface area contributed by atoms with Crippen molar-refractivity contribution >= 4 is 5.91 Å². The van der Waals surface area contributed by atoms with Gasteiger partial charge in [0, 0.05) is 19.7 Å². The number of likely N-dealkylation sites (tertiary alicyclic amines) is 1. The third-order valence-electron chi connectivity index (χ3n) is 4.70. The van der Waals surface area contributed by atoms with Crippen LogP contribution in [0.4, 0.5) is 0 Å². The summed E-state index contributed by atoms with van der Waals surface area (Å²) in [6.45, 7) is 5.97. The smallest absolute Gasteiger partial charge is 0.226 e. The van der Waals surface area contributed by atoms with Crippen molar-refractivity contribution in [1.82, 2.24) is 4.90 Å². The lowest BCUT2D eigenvalue weighted by Gasteiger charge is -2.40. The molecule has 1 heterocycles. The molecule has 1 aliphatic heterocycles. The van der Waals surface area contributed by atoms with Crippen molar-refractivity contribution in [2.24, 2.45) is 5.41 Å². The van der Waals surface area contributed by atoms with E-state index in [1.54, 1.807) is 0 Å². The maximum atomic E-state index is 12.3. The van der Waals surface area contributed by atoms with Gasteiger partial charge in [0.15, 0.2) is 0 Å². The van der Waals surface area contributed by atoms with Crippen molar-refractivity contribution < 1.29 is 9.90 Å². The molecule has 0 radical (unpaired) electrons. The predicted octanol–water partition coefficient (Wildman–Crippen LogP) is 2.55. The van der Waals surface area contributed by atoms with Crippen LogP contribution in [0, 0.1) is 12.3 Å². The molecule has 0 aliphatic carbocycles. The van der Waals surface area contributed by atoms with Crippen LogP contribution in [-0.2, 0) is 11.2 Å². The van der Waals surface area contributed by atoms with E-state index in [1.165, 1.54) is 5.56 Å². The summed E-state index contributed by atoms with van der Waals surface area (Å²) in [6.07, 6.45) is 3.31. The minimum absolute atomic E-state index is 0.0418. The van der Waals surface area contributed by atoms with Gasteiger partial charge in [0.1, 0.15) is 0 Å². The fourth-order valence-electron chi connectivity index (χ4n) is 2.96. The van der Waals surface area contributed by atoms with Gasteiger partial charge in [0.2, 0.25) is 5.91 Å². The van der Waals surface area contributed by atoms with E-state index in [4.69, 9.17) is 0 Å². The molecule has 0 bridgehead atoms. The van der Waals surface area contributed by atoms with Gasteiger partial charge in [-0.15, -0.1) is 0 Å². The van der Waals surface area contributed by atoms with Crippen LogP contribution in [0.3, 0.4) is 0 Å². The topological polar surface area (TPSA) is 40.5 Å². The first-order chi connectivity index (χ1) is 9.58. The number of aliphatic hydroxyl groups excluding tert-OH is 1. The molecular formula is C17H25NO2. The van der Waals surface area contributed by atoms with Crippen molar-refractivity contribution in [2.75, 3.05) is 19.7 Å². The number of hydrogen-bond acceptors (Lipinski definition) is 2. The molecule has 0 unspecified atom stereocenters. The number of hydrogen-bond donors (Lipinski definition) is 1. The molecule has 1 aromatic carbocycles. The molecule has 1 amide bonds. The Hall–Kier alpha value is -1.35. The Balaban J connectivity index is 1.92. The highest BCUT2D eigenvalue weighted by Crippen LogP contribution is 2.34. The number of benzene rings is 1. The fraction of sp³-hybridized carbons (Fsp3) is 0.588. The van der Waals surface area contributed by atoms with Crippen LogP contribution in [0.15, 0.2) is 24.3 Å². The summed E-state index contributed by atoms with van der Waals surface area (Å²) in [6, 6.07) is 8.14. The summed E-state index contributed by atoms with van der Waals surface area (Å²) < 4.78 is 0. The molecule has 1 N–H and O–H groups in total.